The van der Waals surface area contributed by atoms with Crippen LogP contribution in [0.15, 0.2) is 33.7 Å². The number of rotatable bonds is 3. The molecule has 1 aromatic carbocycles. The van der Waals surface area contributed by atoms with Gasteiger partial charge in [-0.2, -0.15) is 0 Å². The number of sulfonamides is 1. The van der Waals surface area contributed by atoms with Gasteiger partial charge in [0, 0.05) is 10.6 Å². The van der Waals surface area contributed by atoms with Crippen LogP contribution in [0.25, 0.3) is 0 Å². The van der Waals surface area contributed by atoms with Crippen LogP contribution >= 0.6 is 11.6 Å². The van der Waals surface area contributed by atoms with Gasteiger partial charge in [0.05, 0.1) is 10.6 Å². The van der Waals surface area contributed by atoms with Gasteiger partial charge in [0.2, 0.25) is 5.88 Å². The van der Waals surface area contributed by atoms with Gasteiger partial charge < -0.3 is 4.52 Å². The van der Waals surface area contributed by atoms with Crippen molar-refractivity contribution in [2.45, 2.75) is 18.7 Å². The Morgan fingerprint density at radius 2 is 2.06 bits per heavy atom. The van der Waals surface area contributed by atoms with Crippen molar-refractivity contribution >= 4 is 27.5 Å². The van der Waals surface area contributed by atoms with Crippen LogP contribution in [0.5, 0.6) is 0 Å². The lowest BCUT2D eigenvalue weighted by Gasteiger charge is -2.05. The van der Waals surface area contributed by atoms with Crippen molar-refractivity contribution in [1.29, 1.82) is 0 Å². The molecule has 1 heterocycles. The molecule has 0 aliphatic carbocycles. The first-order valence-electron chi connectivity index (χ1n) is 5.11. The summed E-state index contributed by atoms with van der Waals surface area (Å²) in [5.41, 5.74) is 1.29. The fraction of sp³-hybridized carbons (Fsp3) is 0.182. The van der Waals surface area contributed by atoms with Gasteiger partial charge in [0.1, 0.15) is 0 Å². The van der Waals surface area contributed by atoms with Crippen molar-refractivity contribution in [2.24, 2.45) is 0 Å². The SMILES string of the molecule is Cc1noc(NS(=O)(=O)c2cccc(Cl)c2)c1C. The van der Waals surface area contributed by atoms with Gasteiger partial charge >= 0.3 is 0 Å². The average Bonchev–Trinajstić information content (AvgIpc) is 2.61. The Balaban J connectivity index is 2.36. The van der Waals surface area contributed by atoms with E-state index in [0.29, 0.717) is 16.3 Å². The maximum Gasteiger partial charge on any atom is 0.264 e. The molecule has 0 aliphatic heterocycles. The third kappa shape index (κ3) is 2.49. The van der Waals surface area contributed by atoms with Gasteiger partial charge in [-0.15, -0.1) is 0 Å². The molecule has 1 N–H and O–H groups in total. The molecule has 0 saturated heterocycles. The highest BCUT2D eigenvalue weighted by Gasteiger charge is 2.19. The highest BCUT2D eigenvalue weighted by molar-refractivity contribution is 7.92. The summed E-state index contributed by atoms with van der Waals surface area (Å²) in [5.74, 6) is 0.118. The van der Waals surface area contributed by atoms with E-state index in [4.69, 9.17) is 16.1 Å². The Labute approximate surface area is 110 Å². The third-order valence-corrected chi connectivity index (χ3v) is 4.05. The Morgan fingerprint density at radius 1 is 1.33 bits per heavy atom. The Hall–Kier alpha value is -1.53. The molecule has 0 bridgehead atoms. The second-order valence-electron chi connectivity index (χ2n) is 3.78. The molecule has 0 fully saturated rings. The van der Waals surface area contributed by atoms with Gasteiger partial charge in [-0.25, -0.2) is 13.1 Å². The lowest BCUT2D eigenvalue weighted by Crippen LogP contribution is -2.13. The minimum Gasteiger partial charge on any atom is -0.337 e. The summed E-state index contributed by atoms with van der Waals surface area (Å²) < 4.78 is 31.4. The fourth-order valence-electron chi connectivity index (χ4n) is 1.33. The standard InChI is InChI=1S/C11H11ClN2O3S/c1-7-8(2)13-17-11(7)14-18(15,16)10-5-3-4-9(12)6-10/h3-6,14H,1-2H3. The van der Waals surface area contributed by atoms with E-state index < -0.39 is 10.0 Å². The van der Waals surface area contributed by atoms with Crippen LogP contribution in [-0.2, 0) is 10.0 Å². The molecule has 0 spiro atoms. The summed E-state index contributed by atoms with van der Waals surface area (Å²) in [6.45, 7) is 3.46. The molecule has 96 valence electrons. The quantitative estimate of drug-likeness (QED) is 0.941. The van der Waals surface area contributed by atoms with Gasteiger partial charge in [0.25, 0.3) is 10.0 Å². The number of nitrogens with zero attached hydrogens (tertiary/aromatic N) is 1. The highest BCUT2D eigenvalue weighted by Crippen LogP contribution is 2.22. The van der Waals surface area contributed by atoms with E-state index >= 15 is 0 Å². The molecule has 2 rings (SSSR count). The maximum absolute atomic E-state index is 12.1. The highest BCUT2D eigenvalue weighted by atomic mass is 35.5. The predicted octanol–water partition coefficient (Wildman–Crippen LogP) is 2.75. The largest absolute Gasteiger partial charge is 0.337 e. The summed E-state index contributed by atoms with van der Waals surface area (Å²) in [5, 5.41) is 4.03. The molecule has 0 radical (unpaired) electrons. The summed E-state index contributed by atoms with van der Waals surface area (Å²) in [6, 6.07) is 5.98. The van der Waals surface area contributed by atoms with Gasteiger partial charge in [-0.3, -0.25) is 0 Å². The Morgan fingerprint density at radius 3 is 2.61 bits per heavy atom. The number of benzene rings is 1. The van der Waals surface area contributed by atoms with Crippen molar-refractivity contribution in [3.05, 3.63) is 40.5 Å². The topological polar surface area (TPSA) is 72.2 Å². The van der Waals surface area contributed by atoms with Crippen LogP contribution in [0.2, 0.25) is 5.02 Å². The molecule has 5 nitrogen and oxygen atoms in total. The predicted molar refractivity (Wildman–Crippen MR) is 68.2 cm³/mol. The van der Waals surface area contributed by atoms with Crippen LogP contribution in [-0.4, -0.2) is 13.6 Å². The fourth-order valence-corrected chi connectivity index (χ4v) is 2.67. The number of nitrogens with one attached hydrogen (secondary N) is 1. The first-order chi connectivity index (χ1) is 8.40. The van der Waals surface area contributed by atoms with E-state index in [0.717, 1.165) is 0 Å². The van der Waals surface area contributed by atoms with E-state index in [1.807, 2.05) is 0 Å². The average molecular weight is 287 g/mol. The monoisotopic (exact) mass is 286 g/mol. The van der Waals surface area contributed by atoms with Crippen molar-refractivity contribution in [2.75, 3.05) is 4.72 Å². The number of aromatic nitrogens is 1. The number of hydrogen-bond acceptors (Lipinski definition) is 4. The molecule has 0 amide bonds. The summed E-state index contributed by atoms with van der Waals surface area (Å²) in [6.07, 6.45) is 0. The Bertz CT molecular complexity index is 679. The van der Waals surface area contributed by atoms with Crippen LogP contribution in [0, 0.1) is 13.8 Å². The minimum absolute atomic E-state index is 0.0726. The van der Waals surface area contributed by atoms with E-state index in [-0.39, 0.29) is 10.8 Å². The molecule has 0 atom stereocenters. The van der Waals surface area contributed by atoms with Crippen molar-refractivity contribution in [1.82, 2.24) is 5.16 Å². The molecule has 0 aliphatic rings. The molecular weight excluding hydrogens is 276 g/mol. The molecular formula is C11H11ClN2O3S. The molecule has 0 saturated carbocycles. The van der Waals surface area contributed by atoms with Crippen LogP contribution in [0.3, 0.4) is 0 Å². The van der Waals surface area contributed by atoms with E-state index in [2.05, 4.69) is 9.88 Å². The third-order valence-electron chi connectivity index (χ3n) is 2.49. The van der Waals surface area contributed by atoms with Crippen LogP contribution in [0.1, 0.15) is 11.3 Å². The van der Waals surface area contributed by atoms with Crippen LogP contribution in [0.4, 0.5) is 5.88 Å². The summed E-state index contributed by atoms with van der Waals surface area (Å²) in [4.78, 5) is 0.0726. The van der Waals surface area contributed by atoms with E-state index in [9.17, 15) is 8.42 Å². The lowest BCUT2D eigenvalue weighted by atomic mass is 10.3. The zero-order valence-corrected chi connectivity index (χ0v) is 11.3. The van der Waals surface area contributed by atoms with Gasteiger partial charge in [-0.05, 0) is 32.0 Å². The minimum atomic E-state index is -3.71. The number of hydrogen-bond donors (Lipinski definition) is 1. The lowest BCUT2D eigenvalue weighted by molar-refractivity contribution is 0.430. The van der Waals surface area contributed by atoms with Crippen molar-refractivity contribution in [3.63, 3.8) is 0 Å². The first kappa shape index (κ1) is 12.9. The summed E-state index contributed by atoms with van der Waals surface area (Å²) in [7, 11) is -3.71. The molecule has 1 aromatic heterocycles. The first-order valence-corrected chi connectivity index (χ1v) is 6.97. The smallest absolute Gasteiger partial charge is 0.264 e. The number of anilines is 1. The normalized spacial score (nSPS) is 11.5. The zero-order chi connectivity index (χ0) is 13.3. The zero-order valence-electron chi connectivity index (χ0n) is 9.77. The van der Waals surface area contributed by atoms with E-state index in [1.165, 1.54) is 12.1 Å². The maximum atomic E-state index is 12.1. The van der Waals surface area contributed by atoms with Crippen molar-refractivity contribution in [3.8, 4) is 0 Å². The number of aryl methyl sites for hydroxylation is 1. The molecule has 18 heavy (non-hydrogen) atoms. The molecule has 0 unspecified atom stereocenters. The summed E-state index contributed by atoms with van der Waals surface area (Å²) >= 11 is 5.76. The van der Waals surface area contributed by atoms with Gasteiger partial charge in [0.15, 0.2) is 0 Å². The van der Waals surface area contributed by atoms with E-state index in [1.54, 1.807) is 26.0 Å². The second kappa shape index (κ2) is 4.62. The number of halogens is 1. The second-order valence-corrected chi connectivity index (χ2v) is 5.90. The van der Waals surface area contributed by atoms with Gasteiger partial charge in [-0.1, -0.05) is 22.8 Å². The van der Waals surface area contributed by atoms with Crippen molar-refractivity contribution < 1.29 is 12.9 Å². The molecule has 2 aromatic rings. The Kier molecular flexibility index (Phi) is 3.32. The van der Waals surface area contributed by atoms with Crippen LogP contribution < -0.4 is 4.72 Å². The molecule has 7 heteroatoms.